The van der Waals surface area contributed by atoms with Crippen molar-refractivity contribution in [2.75, 3.05) is 0 Å². The van der Waals surface area contributed by atoms with Crippen LogP contribution in [0, 0.1) is 5.92 Å². The minimum atomic E-state index is -0.897. The summed E-state index contributed by atoms with van der Waals surface area (Å²) in [6.45, 7) is 4.74. The van der Waals surface area contributed by atoms with Crippen LogP contribution in [0.25, 0.3) is 11.1 Å². The van der Waals surface area contributed by atoms with Crippen molar-refractivity contribution in [3.63, 3.8) is 0 Å². The van der Waals surface area contributed by atoms with Crippen molar-refractivity contribution >= 4 is 22.9 Å². The SMILES string of the molecule is CC1CCC(NC(=O)[C@]2(C)Cn3c(cc4occc43)C(=O)N2C2CCCCCC2)CC1. The van der Waals surface area contributed by atoms with Crippen molar-refractivity contribution < 1.29 is 14.0 Å². The topological polar surface area (TPSA) is 67.5 Å². The van der Waals surface area contributed by atoms with Gasteiger partial charge in [-0.05, 0) is 51.4 Å². The molecule has 2 aromatic rings. The van der Waals surface area contributed by atoms with E-state index in [2.05, 4.69) is 12.2 Å². The second-order valence-corrected chi connectivity index (χ2v) is 10.3. The van der Waals surface area contributed by atoms with Crippen molar-refractivity contribution in [3.8, 4) is 0 Å². The number of nitrogens with zero attached hydrogens (tertiary/aromatic N) is 2. The Morgan fingerprint density at radius 2 is 1.81 bits per heavy atom. The van der Waals surface area contributed by atoms with Crippen LogP contribution in [-0.4, -0.2) is 38.9 Å². The molecule has 0 spiro atoms. The highest BCUT2D eigenvalue weighted by atomic mass is 16.3. The van der Waals surface area contributed by atoms with E-state index in [0.717, 1.165) is 68.4 Å². The summed E-state index contributed by atoms with van der Waals surface area (Å²) in [5.74, 6) is 0.708. The van der Waals surface area contributed by atoms with E-state index in [1.807, 2.05) is 28.5 Å². The molecule has 168 valence electrons. The van der Waals surface area contributed by atoms with Gasteiger partial charge in [0.25, 0.3) is 5.91 Å². The number of aromatic nitrogens is 1. The van der Waals surface area contributed by atoms with E-state index in [9.17, 15) is 9.59 Å². The number of hydrogen-bond donors (Lipinski definition) is 1. The van der Waals surface area contributed by atoms with Crippen molar-refractivity contribution in [3.05, 3.63) is 24.1 Å². The van der Waals surface area contributed by atoms with Crippen molar-refractivity contribution in [1.29, 1.82) is 0 Å². The maximum atomic E-state index is 13.8. The van der Waals surface area contributed by atoms with Crippen LogP contribution in [0.1, 0.15) is 88.5 Å². The molecule has 2 saturated carbocycles. The molecular formula is C25H35N3O3. The van der Waals surface area contributed by atoms with E-state index in [-0.39, 0.29) is 23.9 Å². The molecule has 1 aliphatic heterocycles. The fraction of sp³-hybridized carbons (Fsp3) is 0.680. The Labute approximate surface area is 184 Å². The van der Waals surface area contributed by atoms with Gasteiger partial charge in [0.05, 0.1) is 18.3 Å². The number of fused-ring (bicyclic) bond motifs is 3. The van der Waals surface area contributed by atoms with Gasteiger partial charge in [-0.25, -0.2) is 0 Å². The molecule has 5 rings (SSSR count). The molecule has 0 aromatic carbocycles. The van der Waals surface area contributed by atoms with E-state index in [1.165, 1.54) is 12.8 Å². The third-order valence-corrected chi connectivity index (χ3v) is 7.99. The molecule has 3 heterocycles. The quantitative estimate of drug-likeness (QED) is 0.714. The normalized spacial score (nSPS) is 30.3. The van der Waals surface area contributed by atoms with Crippen LogP contribution in [0.2, 0.25) is 0 Å². The Hall–Kier alpha value is -2.24. The monoisotopic (exact) mass is 425 g/mol. The van der Waals surface area contributed by atoms with Crippen LogP contribution < -0.4 is 5.32 Å². The highest BCUT2D eigenvalue weighted by molar-refractivity contribution is 6.03. The van der Waals surface area contributed by atoms with Crippen LogP contribution in [-0.2, 0) is 11.3 Å². The fourth-order valence-corrected chi connectivity index (χ4v) is 6.07. The lowest BCUT2D eigenvalue weighted by molar-refractivity contribution is -0.135. The first-order valence-corrected chi connectivity index (χ1v) is 12.2. The largest absolute Gasteiger partial charge is 0.463 e. The third-order valence-electron chi connectivity index (χ3n) is 7.99. The average Bonchev–Trinajstić information content (AvgIpc) is 3.23. The summed E-state index contributed by atoms with van der Waals surface area (Å²) >= 11 is 0. The van der Waals surface area contributed by atoms with Gasteiger partial charge in [-0.2, -0.15) is 0 Å². The molecule has 3 aliphatic rings. The van der Waals surface area contributed by atoms with Gasteiger partial charge in [-0.15, -0.1) is 0 Å². The molecule has 0 saturated heterocycles. The third kappa shape index (κ3) is 3.58. The Morgan fingerprint density at radius 1 is 1.10 bits per heavy atom. The van der Waals surface area contributed by atoms with Gasteiger partial charge in [-0.1, -0.05) is 32.6 Å². The summed E-state index contributed by atoms with van der Waals surface area (Å²) in [5.41, 5.74) is 1.37. The maximum Gasteiger partial charge on any atom is 0.271 e. The van der Waals surface area contributed by atoms with E-state index in [1.54, 1.807) is 6.26 Å². The first kappa shape index (κ1) is 20.7. The number of hydrogen-bond acceptors (Lipinski definition) is 3. The molecule has 2 fully saturated rings. The van der Waals surface area contributed by atoms with Gasteiger partial charge in [0.1, 0.15) is 11.2 Å². The average molecular weight is 426 g/mol. The lowest BCUT2D eigenvalue weighted by atomic mass is 9.86. The van der Waals surface area contributed by atoms with Gasteiger partial charge in [-0.3, -0.25) is 9.59 Å². The van der Waals surface area contributed by atoms with Crippen molar-refractivity contribution in [1.82, 2.24) is 14.8 Å². The number of carbonyl (C=O) groups excluding carboxylic acids is 2. The molecule has 1 atom stereocenters. The Bertz CT molecular complexity index is 960. The maximum absolute atomic E-state index is 13.8. The Kier molecular flexibility index (Phi) is 5.35. The van der Waals surface area contributed by atoms with Crippen molar-refractivity contribution in [2.45, 2.75) is 102 Å². The minimum Gasteiger partial charge on any atom is -0.463 e. The smallest absolute Gasteiger partial charge is 0.271 e. The van der Waals surface area contributed by atoms with Crippen LogP contribution in [0.15, 0.2) is 22.8 Å². The predicted molar refractivity (Wildman–Crippen MR) is 120 cm³/mol. The molecule has 2 aromatic heterocycles. The standard InChI is InChI=1S/C25H35N3O3/c1-17-9-11-18(12-10-17)26-24(30)25(2)16-27-20-13-14-31-22(20)15-21(27)23(29)28(25)19-7-5-3-4-6-8-19/h13-15,17-19H,3-12,16H2,1-2H3,(H,26,30)/t17?,18?,25-/m0/s1. The number of rotatable bonds is 3. The zero-order valence-electron chi connectivity index (χ0n) is 18.9. The summed E-state index contributed by atoms with van der Waals surface area (Å²) in [7, 11) is 0. The van der Waals surface area contributed by atoms with Crippen LogP contribution in [0.3, 0.4) is 0 Å². The number of furan rings is 1. The summed E-state index contributed by atoms with van der Waals surface area (Å²) in [4.78, 5) is 29.6. The summed E-state index contributed by atoms with van der Waals surface area (Å²) < 4.78 is 7.58. The second kappa shape index (κ2) is 8.03. The highest BCUT2D eigenvalue weighted by Crippen LogP contribution is 2.37. The minimum absolute atomic E-state index is 0.000597. The lowest BCUT2D eigenvalue weighted by Gasteiger charge is -2.48. The van der Waals surface area contributed by atoms with Crippen LogP contribution >= 0.6 is 0 Å². The molecule has 6 nitrogen and oxygen atoms in total. The molecule has 31 heavy (non-hydrogen) atoms. The highest BCUT2D eigenvalue weighted by Gasteiger charge is 2.50. The van der Waals surface area contributed by atoms with E-state index in [0.29, 0.717) is 12.2 Å². The second-order valence-electron chi connectivity index (χ2n) is 10.3. The first-order chi connectivity index (χ1) is 15.0. The van der Waals surface area contributed by atoms with Crippen molar-refractivity contribution in [2.24, 2.45) is 5.92 Å². The summed E-state index contributed by atoms with van der Waals surface area (Å²) in [6, 6.07) is 4.08. The van der Waals surface area contributed by atoms with Crippen LogP contribution in [0.5, 0.6) is 0 Å². The van der Waals surface area contributed by atoms with Gasteiger partial charge >= 0.3 is 0 Å². The summed E-state index contributed by atoms with van der Waals surface area (Å²) in [6.07, 6.45) is 12.7. The molecule has 1 N–H and O–H groups in total. The fourth-order valence-electron chi connectivity index (χ4n) is 6.07. The van der Waals surface area contributed by atoms with Gasteiger partial charge in [0.15, 0.2) is 5.58 Å². The Balaban J connectivity index is 1.50. The Morgan fingerprint density at radius 3 is 2.52 bits per heavy atom. The zero-order chi connectivity index (χ0) is 21.6. The molecular weight excluding hydrogens is 390 g/mol. The van der Waals surface area contributed by atoms with Gasteiger partial charge in [0.2, 0.25) is 5.91 Å². The first-order valence-electron chi connectivity index (χ1n) is 12.2. The number of carbonyl (C=O) groups is 2. The van der Waals surface area contributed by atoms with Gasteiger partial charge in [0, 0.05) is 24.2 Å². The lowest BCUT2D eigenvalue weighted by Crippen LogP contribution is -2.67. The zero-order valence-corrected chi connectivity index (χ0v) is 18.9. The summed E-state index contributed by atoms with van der Waals surface area (Å²) in [5, 5.41) is 3.35. The van der Waals surface area contributed by atoms with Gasteiger partial charge < -0.3 is 19.2 Å². The van der Waals surface area contributed by atoms with E-state index in [4.69, 9.17) is 4.42 Å². The van der Waals surface area contributed by atoms with Crippen LogP contribution in [0.4, 0.5) is 0 Å². The van der Waals surface area contributed by atoms with E-state index < -0.39 is 5.54 Å². The molecule has 2 amide bonds. The molecule has 0 bridgehead atoms. The molecule has 0 unspecified atom stereocenters. The number of nitrogens with one attached hydrogen (secondary N) is 1. The predicted octanol–water partition coefficient (Wildman–Crippen LogP) is 4.87. The molecule has 0 radical (unpaired) electrons. The number of amides is 2. The molecule has 2 aliphatic carbocycles. The van der Waals surface area contributed by atoms with E-state index >= 15 is 0 Å². The molecule has 6 heteroatoms.